The van der Waals surface area contributed by atoms with Gasteiger partial charge in [0, 0.05) is 61.2 Å². The molecule has 1 aliphatic heterocycles. The molecule has 1 aliphatic rings. The van der Waals surface area contributed by atoms with Gasteiger partial charge in [-0.05, 0) is 81.6 Å². The van der Waals surface area contributed by atoms with Crippen molar-refractivity contribution in [2.75, 3.05) is 35.7 Å². The van der Waals surface area contributed by atoms with E-state index in [1.165, 1.54) is 31.3 Å². The lowest BCUT2D eigenvalue weighted by molar-refractivity contribution is -0.116. The van der Waals surface area contributed by atoms with Crippen LogP contribution in [0.5, 0.6) is 0 Å². The third kappa shape index (κ3) is 7.38. The van der Waals surface area contributed by atoms with Crippen molar-refractivity contribution in [3.8, 4) is 6.07 Å². The van der Waals surface area contributed by atoms with Crippen molar-refractivity contribution in [2.45, 2.75) is 58.2 Å². The van der Waals surface area contributed by atoms with Crippen LogP contribution in [0, 0.1) is 17.1 Å². The van der Waals surface area contributed by atoms with Crippen LogP contribution >= 0.6 is 23.2 Å². The summed E-state index contributed by atoms with van der Waals surface area (Å²) in [5.74, 6) is -0.646. The molecule has 0 radical (unpaired) electrons. The SMILES string of the molecule is CC(=O)N(C)c1cccc(C(Nc2cc(Cl)c3ncc(C#N)c(Nc4ccc(F)c(Cl)c4)c3c2)c2cn(C3CCN(C(C)(C)C)CC3)nn2)c1. The van der Waals surface area contributed by atoms with Gasteiger partial charge < -0.3 is 15.5 Å². The number of rotatable bonds is 8. The third-order valence-electron chi connectivity index (χ3n) is 9.22. The van der Waals surface area contributed by atoms with Gasteiger partial charge >= 0.3 is 0 Å². The molecule has 2 aromatic heterocycles. The lowest BCUT2D eigenvalue weighted by Crippen LogP contribution is -2.46. The van der Waals surface area contributed by atoms with E-state index in [1.807, 2.05) is 41.2 Å². The Hall–Kier alpha value is -4.76. The van der Waals surface area contributed by atoms with Crippen molar-refractivity contribution in [3.63, 3.8) is 0 Å². The first kappa shape index (κ1) is 35.1. The van der Waals surface area contributed by atoms with Crippen LogP contribution in [0.2, 0.25) is 10.0 Å². The summed E-state index contributed by atoms with van der Waals surface area (Å²) in [6.07, 6.45) is 5.35. The molecule has 2 N–H and O–H groups in total. The van der Waals surface area contributed by atoms with Gasteiger partial charge in [-0.15, -0.1) is 5.10 Å². The van der Waals surface area contributed by atoms with Crippen molar-refractivity contribution in [1.29, 1.82) is 5.26 Å². The van der Waals surface area contributed by atoms with Gasteiger partial charge in [-0.2, -0.15) is 5.26 Å². The molecule has 258 valence electrons. The highest BCUT2D eigenvalue weighted by molar-refractivity contribution is 6.36. The number of amides is 1. The predicted molar refractivity (Wildman–Crippen MR) is 197 cm³/mol. The van der Waals surface area contributed by atoms with E-state index >= 15 is 0 Å². The number of nitrogens with one attached hydrogen (secondary N) is 2. The highest BCUT2D eigenvalue weighted by atomic mass is 35.5. The standard InChI is InChI=1S/C37H38Cl2FN9O/c1-22(50)47(5)28-8-6-7-23(15-28)35(33-21-49(46-45-33)27-11-13-48(14-12-27)37(2,3)4)44-26-16-29-34(43-25-9-10-32(40)30(38)17-25)24(19-41)20-42-36(29)31(39)18-26/h6-10,15-18,20-21,27,35,44H,11-14H2,1-5H3,(H,42,43). The molecule has 1 atom stereocenters. The van der Waals surface area contributed by atoms with E-state index < -0.39 is 11.9 Å². The van der Waals surface area contributed by atoms with Gasteiger partial charge in [-0.3, -0.25) is 14.7 Å². The lowest BCUT2D eigenvalue weighted by atomic mass is 9.98. The number of hydrogen-bond acceptors (Lipinski definition) is 8. The van der Waals surface area contributed by atoms with Gasteiger partial charge in [0.1, 0.15) is 17.6 Å². The molecule has 1 saturated heterocycles. The normalized spacial score (nSPS) is 14.7. The van der Waals surface area contributed by atoms with E-state index in [0.717, 1.165) is 37.2 Å². The number of nitrogens with zero attached hydrogens (tertiary/aromatic N) is 7. The number of halogens is 3. The number of anilines is 4. The van der Waals surface area contributed by atoms with Crippen molar-refractivity contribution in [2.24, 2.45) is 0 Å². The quantitative estimate of drug-likeness (QED) is 0.165. The Balaban J connectivity index is 1.40. The molecule has 3 heterocycles. The van der Waals surface area contributed by atoms with Crippen LogP contribution < -0.4 is 15.5 Å². The number of hydrogen-bond donors (Lipinski definition) is 2. The fourth-order valence-corrected chi connectivity index (χ4v) is 6.72. The molecule has 6 rings (SSSR count). The fourth-order valence-electron chi connectivity index (χ4n) is 6.27. The number of carbonyl (C=O) groups excluding carboxylic acids is 1. The van der Waals surface area contributed by atoms with Gasteiger partial charge in [-0.25, -0.2) is 9.07 Å². The largest absolute Gasteiger partial charge is 0.373 e. The molecule has 1 amide bonds. The zero-order chi connectivity index (χ0) is 35.7. The predicted octanol–water partition coefficient (Wildman–Crippen LogP) is 8.51. The number of fused-ring (bicyclic) bond motifs is 1. The maximum Gasteiger partial charge on any atom is 0.223 e. The number of carbonyl (C=O) groups is 1. The maximum atomic E-state index is 13.9. The molecule has 13 heteroatoms. The molecule has 3 aromatic carbocycles. The molecule has 5 aromatic rings. The molecule has 0 saturated carbocycles. The summed E-state index contributed by atoms with van der Waals surface area (Å²) in [6.45, 7) is 10.2. The van der Waals surface area contributed by atoms with E-state index in [-0.39, 0.29) is 28.1 Å². The van der Waals surface area contributed by atoms with E-state index in [1.54, 1.807) is 18.0 Å². The smallest absolute Gasteiger partial charge is 0.223 e. The van der Waals surface area contributed by atoms with E-state index in [0.29, 0.717) is 38.7 Å². The number of nitriles is 1. The number of aromatic nitrogens is 4. The summed E-state index contributed by atoms with van der Waals surface area (Å²) in [5.41, 5.74) is 4.68. The van der Waals surface area contributed by atoms with Gasteiger partial charge in [0.2, 0.25) is 5.91 Å². The maximum absolute atomic E-state index is 13.9. The first-order valence-electron chi connectivity index (χ1n) is 16.3. The van der Waals surface area contributed by atoms with Crippen LogP contribution in [-0.2, 0) is 4.79 Å². The van der Waals surface area contributed by atoms with Crippen LogP contribution in [0.1, 0.15) is 69.4 Å². The summed E-state index contributed by atoms with van der Waals surface area (Å²) < 4.78 is 15.9. The molecular weight excluding hydrogens is 676 g/mol. The lowest BCUT2D eigenvalue weighted by Gasteiger charge is -2.40. The highest BCUT2D eigenvalue weighted by Crippen LogP contribution is 2.38. The Morgan fingerprint density at radius 3 is 2.50 bits per heavy atom. The summed E-state index contributed by atoms with van der Waals surface area (Å²) in [5, 5.41) is 26.9. The average Bonchev–Trinajstić information content (AvgIpc) is 3.58. The molecule has 10 nitrogen and oxygen atoms in total. The second-order valence-corrected chi connectivity index (χ2v) is 14.3. The summed E-state index contributed by atoms with van der Waals surface area (Å²) >= 11 is 12.9. The number of benzene rings is 3. The Labute approximate surface area is 300 Å². The van der Waals surface area contributed by atoms with Crippen molar-refractivity contribution < 1.29 is 9.18 Å². The zero-order valence-electron chi connectivity index (χ0n) is 28.5. The molecule has 0 spiro atoms. The number of pyridine rings is 1. The molecule has 1 fully saturated rings. The minimum absolute atomic E-state index is 0.0550. The number of likely N-dealkylation sites (tertiary alicyclic amines) is 1. The molecule has 0 bridgehead atoms. The van der Waals surface area contributed by atoms with E-state index in [9.17, 15) is 14.4 Å². The van der Waals surface area contributed by atoms with Crippen molar-refractivity contribution in [3.05, 3.63) is 99.7 Å². The third-order valence-corrected chi connectivity index (χ3v) is 9.80. The van der Waals surface area contributed by atoms with Crippen molar-refractivity contribution >= 4 is 62.8 Å². The molecular formula is C37H38Cl2FN9O. The minimum atomic E-state index is -0.552. The second kappa shape index (κ2) is 14.2. The molecule has 1 unspecified atom stereocenters. The second-order valence-electron chi connectivity index (χ2n) is 13.5. The van der Waals surface area contributed by atoms with Crippen LogP contribution in [0.25, 0.3) is 10.9 Å². The van der Waals surface area contributed by atoms with Crippen LogP contribution in [0.4, 0.5) is 27.1 Å². The van der Waals surface area contributed by atoms with Gasteiger partial charge in [0.15, 0.2) is 0 Å². The molecule has 50 heavy (non-hydrogen) atoms. The Morgan fingerprint density at radius 1 is 1.08 bits per heavy atom. The van der Waals surface area contributed by atoms with Gasteiger partial charge in [-0.1, -0.05) is 40.5 Å². The fraction of sp³-hybridized carbons (Fsp3) is 0.324. The summed E-state index contributed by atoms with van der Waals surface area (Å²) in [4.78, 5) is 20.8. The average molecular weight is 715 g/mol. The summed E-state index contributed by atoms with van der Waals surface area (Å²) in [6, 6.07) is 17.5. The number of piperidine rings is 1. The van der Waals surface area contributed by atoms with Crippen LogP contribution in [0.15, 0.2) is 67.0 Å². The first-order valence-corrected chi connectivity index (χ1v) is 17.1. The topological polar surface area (TPSA) is 115 Å². The Bertz CT molecular complexity index is 2100. The monoisotopic (exact) mass is 713 g/mol. The first-order chi connectivity index (χ1) is 23.8. The van der Waals surface area contributed by atoms with Crippen molar-refractivity contribution in [1.82, 2.24) is 24.9 Å². The van der Waals surface area contributed by atoms with Crippen LogP contribution in [-0.4, -0.2) is 56.5 Å². The highest BCUT2D eigenvalue weighted by Gasteiger charge is 2.29. The molecule has 0 aliphatic carbocycles. The summed E-state index contributed by atoms with van der Waals surface area (Å²) in [7, 11) is 1.73. The minimum Gasteiger partial charge on any atom is -0.373 e. The Morgan fingerprint density at radius 2 is 1.82 bits per heavy atom. The van der Waals surface area contributed by atoms with E-state index in [4.69, 9.17) is 23.2 Å². The Kier molecular flexibility index (Phi) is 9.98. The van der Waals surface area contributed by atoms with Gasteiger partial charge in [0.25, 0.3) is 0 Å². The van der Waals surface area contributed by atoms with Gasteiger partial charge in [0.05, 0.1) is 45.1 Å². The van der Waals surface area contributed by atoms with Crippen LogP contribution in [0.3, 0.4) is 0 Å². The zero-order valence-corrected chi connectivity index (χ0v) is 30.0. The van der Waals surface area contributed by atoms with E-state index in [2.05, 4.69) is 57.7 Å².